The normalized spacial score (nSPS) is 28.5. The molecule has 108 valence electrons. The number of nitrogens with zero attached hydrogens (tertiary/aromatic N) is 1. The van der Waals surface area contributed by atoms with E-state index in [-0.39, 0.29) is 24.7 Å². The molecule has 2 aliphatic heterocycles. The SMILES string of the molecule is CC1Oc2ccccc2OC1C(=O)N1CCC[C@H]1CO. The van der Waals surface area contributed by atoms with Crippen molar-refractivity contribution in [2.45, 2.75) is 38.0 Å². The van der Waals surface area contributed by atoms with Gasteiger partial charge in [0.25, 0.3) is 5.91 Å². The van der Waals surface area contributed by atoms with Crippen LogP contribution in [-0.4, -0.2) is 47.3 Å². The minimum Gasteiger partial charge on any atom is -0.482 e. The Bertz CT molecular complexity index is 504. The van der Waals surface area contributed by atoms with Crippen LogP contribution in [0.15, 0.2) is 24.3 Å². The summed E-state index contributed by atoms with van der Waals surface area (Å²) in [5, 5.41) is 9.34. The second kappa shape index (κ2) is 5.32. The van der Waals surface area contributed by atoms with E-state index in [1.807, 2.05) is 25.1 Å². The third-order valence-electron chi connectivity index (χ3n) is 3.96. The molecule has 1 fully saturated rings. The van der Waals surface area contributed by atoms with Gasteiger partial charge in [0.2, 0.25) is 6.10 Å². The fraction of sp³-hybridized carbons (Fsp3) is 0.533. The zero-order valence-electron chi connectivity index (χ0n) is 11.5. The number of hydrogen-bond donors (Lipinski definition) is 1. The van der Waals surface area contributed by atoms with E-state index in [1.165, 1.54) is 0 Å². The van der Waals surface area contributed by atoms with Gasteiger partial charge in [0.05, 0.1) is 12.6 Å². The van der Waals surface area contributed by atoms with E-state index < -0.39 is 6.10 Å². The molecule has 1 aromatic rings. The third kappa shape index (κ3) is 2.22. The zero-order chi connectivity index (χ0) is 14.1. The highest BCUT2D eigenvalue weighted by Crippen LogP contribution is 2.34. The molecule has 0 aromatic heterocycles. The van der Waals surface area contributed by atoms with E-state index in [0.717, 1.165) is 12.8 Å². The Hall–Kier alpha value is -1.75. The molecule has 5 nitrogen and oxygen atoms in total. The van der Waals surface area contributed by atoms with Gasteiger partial charge in [-0.25, -0.2) is 0 Å². The Morgan fingerprint density at radius 3 is 2.75 bits per heavy atom. The van der Waals surface area contributed by atoms with Crippen LogP contribution >= 0.6 is 0 Å². The van der Waals surface area contributed by atoms with E-state index >= 15 is 0 Å². The van der Waals surface area contributed by atoms with Crippen molar-refractivity contribution in [2.75, 3.05) is 13.2 Å². The predicted molar refractivity (Wildman–Crippen MR) is 72.8 cm³/mol. The maximum absolute atomic E-state index is 12.6. The summed E-state index contributed by atoms with van der Waals surface area (Å²) in [6.45, 7) is 2.52. The van der Waals surface area contributed by atoms with Crippen LogP contribution in [0.25, 0.3) is 0 Å². The van der Waals surface area contributed by atoms with Crippen LogP contribution in [0, 0.1) is 0 Å². The number of likely N-dealkylation sites (tertiary alicyclic amines) is 1. The molecule has 0 bridgehead atoms. The molecule has 20 heavy (non-hydrogen) atoms. The Balaban J connectivity index is 1.79. The second-order valence-electron chi connectivity index (χ2n) is 5.32. The van der Waals surface area contributed by atoms with Gasteiger partial charge >= 0.3 is 0 Å². The van der Waals surface area contributed by atoms with Crippen molar-refractivity contribution in [2.24, 2.45) is 0 Å². The van der Waals surface area contributed by atoms with E-state index in [2.05, 4.69) is 0 Å². The number of aliphatic hydroxyl groups is 1. The lowest BCUT2D eigenvalue weighted by Crippen LogP contribution is -2.52. The van der Waals surface area contributed by atoms with Crippen LogP contribution in [0.4, 0.5) is 0 Å². The largest absolute Gasteiger partial charge is 0.482 e. The number of carbonyl (C=O) groups excluding carboxylic acids is 1. The molecule has 1 N–H and O–H groups in total. The number of para-hydroxylation sites is 2. The lowest BCUT2D eigenvalue weighted by molar-refractivity contribution is -0.145. The van der Waals surface area contributed by atoms with Gasteiger partial charge in [-0.2, -0.15) is 0 Å². The minimum absolute atomic E-state index is 0.00425. The molecule has 3 rings (SSSR count). The average Bonchev–Trinajstić information content (AvgIpc) is 2.94. The van der Waals surface area contributed by atoms with E-state index in [9.17, 15) is 9.90 Å². The first-order chi connectivity index (χ1) is 9.70. The number of hydrogen-bond acceptors (Lipinski definition) is 4. The van der Waals surface area contributed by atoms with Crippen molar-refractivity contribution in [3.8, 4) is 11.5 Å². The van der Waals surface area contributed by atoms with Crippen molar-refractivity contribution < 1.29 is 19.4 Å². The Labute approximate surface area is 118 Å². The van der Waals surface area contributed by atoms with Crippen LogP contribution in [0.1, 0.15) is 19.8 Å². The predicted octanol–water partition coefficient (Wildman–Crippen LogP) is 1.20. The van der Waals surface area contributed by atoms with Gasteiger partial charge in [-0.3, -0.25) is 4.79 Å². The monoisotopic (exact) mass is 277 g/mol. The van der Waals surface area contributed by atoms with Gasteiger partial charge in [-0.05, 0) is 31.9 Å². The molecule has 0 radical (unpaired) electrons. The average molecular weight is 277 g/mol. The van der Waals surface area contributed by atoms with Gasteiger partial charge in [-0.15, -0.1) is 0 Å². The molecule has 0 saturated carbocycles. The molecule has 5 heteroatoms. The summed E-state index contributed by atoms with van der Waals surface area (Å²) >= 11 is 0. The van der Waals surface area contributed by atoms with Gasteiger partial charge in [0.15, 0.2) is 11.5 Å². The van der Waals surface area contributed by atoms with Crippen LogP contribution in [0.3, 0.4) is 0 Å². The first-order valence-corrected chi connectivity index (χ1v) is 7.04. The highest BCUT2D eigenvalue weighted by Gasteiger charge is 2.40. The number of benzene rings is 1. The molecule has 2 unspecified atom stereocenters. The molecule has 0 aliphatic carbocycles. The summed E-state index contributed by atoms with van der Waals surface area (Å²) in [7, 11) is 0. The number of aliphatic hydroxyl groups excluding tert-OH is 1. The molecule has 1 aromatic carbocycles. The molecule has 1 amide bonds. The Morgan fingerprint density at radius 1 is 1.35 bits per heavy atom. The number of ether oxygens (including phenoxy) is 2. The quantitative estimate of drug-likeness (QED) is 0.882. The maximum Gasteiger partial charge on any atom is 0.267 e. The van der Waals surface area contributed by atoms with Crippen molar-refractivity contribution in [1.82, 2.24) is 4.90 Å². The van der Waals surface area contributed by atoms with Crippen LogP contribution < -0.4 is 9.47 Å². The fourth-order valence-corrected chi connectivity index (χ4v) is 2.87. The smallest absolute Gasteiger partial charge is 0.267 e. The second-order valence-corrected chi connectivity index (χ2v) is 5.32. The van der Waals surface area contributed by atoms with Crippen LogP contribution in [0.5, 0.6) is 11.5 Å². The van der Waals surface area contributed by atoms with Gasteiger partial charge in [-0.1, -0.05) is 12.1 Å². The lowest BCUT2D eigenvalue weighted by atomic mass is 10.1. The molecule has 1 saturated heterocycles. The van der Waals surface area contributed by atoms with Crippen LogP contribution in [0.2, 0.25) is 0 Å². The minimum atomic E-state index is -0.642. The first kappa shape index (κ1) is 13.2. The Kier molecular flexibility index (Phi) is 3.53. The highest BCUT2D eigenvalue weighted by atomic mass is 16.6. The molecule has 0 spiro atoms. The highest BCUT2D eigenvalue weighted by molar-refractivity contribution is 5.83. The molecular weight excluding hydrogens is 258 g/mol. The number of rotatable bonds is 2. The maximum atomic E-state index is 12.6. The fourth-order valence-electron chi connectivity index (χ4n) is 2.87. The van der Waals surface area contributed by atoms with Gasteiger partial charge < -0.3 is 19.5 Å². The first-order valence-electron chi connectivity index (χ1n) is 7.04. The molecule has 2 heterocycles. The standard InChI is InChI=1S/C15H19NO4/c1-10-14(15(18)16-8-4-5-11(16)9-17)20-13-7-3-2-6-12(13)19-10/h2-3,6-7,10-11,14,17H,4-5,8-9H2,1H3/t10?,11-,14?/m0/s1. The number of amides is 1. The van der Waals surface area contributed by atoms with Crippen molar-refractivity contribution in [1.29, 1.82) is 0 Å². The van der Waals surface area contributed by atoms with Crippen molar-refractivity contribution >= 4 is 5.91 Å². The summed E-state index contributed by atoms with van der Waals surface area (Å²) in [4.78, 5) is 14.3. The van der Waals surface area contributed by atoms with Crippen molar-refractivity contribution in [3.05, 3.63) is 24.3 Å². The van der Waals surface area contributed by atoms with Gasteiger partial charge in [0, 0.05) is 6.54 Å². The molecular formula is C15H19NO4. The number of fused-ring (bicyclic) bond motifs is 1. The summed E-state index contributed by atoms with van der Waals surface area (Å²) in [5.74, 6) is 1.18. The third-order valence-corrected chi connectivity index (χ3v) is 3.96. The summed E-state index contributed by atoms with van der Waals surface area (Å²) in [6.07, 6.45) is 0.797. The zero-order valence-corrected chi connectivity index (χ0v) is 11.5. The summed E-state index contributed by atoms with van der Waals surface area (Å²) in [5.41, 5.74) is 0. The van der Waals surface area contributed by atoms with Crippen molar-refractivity contribution in [3.63, 3.8) is 0 Å². The summed E-state index contributed by atoms with van der Waals surface area (Å²) in [6, 6.07) is 7.27. The van der Waals surface area contributed by atoms with Crippen LogP contribution in [-0.2, 0) is 4.79 Å². The molecule has 2 aliphatic rings. The number of carbonyl (C=O) groups is 1. The summed E-state index contributed by atoms with van der Waals surface area (Å²) < 4.78 is 11.6. The van der Waals surface area contributed by atoms with E-state index in [4.69, 9.17) is 9.47 Å². The molecule has 3 atom stereocenters. The Morgan fingerprint density at radius 2 is 2.05 bits per heavy atom. The van der Waals surface area contributed by atoms with E-state index in [1.54, 1.807) is 11.0 Å². The topological polar surface area (TPSA) is 59.0 Å². The van der Waals surface area contributed by atoms with Gasteiger partial charge in [0.1, 0.15) is 6.10 Å². The van der Waals surface area contributed by atoms with E-state index in [0.29, 0.717) is 18.0 Å². The lowest BCUT2D eigenvalue weighted by Gasteiger charge is -2.34.